The van der Waals surface area contributed by atoms with Crippen LogP contribution in [0.15, 0.2) is 36.4 Å². The molecule has 0 unspecified atom stereocenters. The summed E-state index contributed by atoms with van der Waals surface area (Å²) in [6.45, 7) is 7.46. The van der Waals surface area contributed by atoms with Gasteiger partial charge in [-0.05, 0) is 36.2 Å². The number of anilines is 1. The molecule has 0 spiro atoms. The molecule has 0 aliphatic heterocycles. The molecule has 0 aromatic heterocycles. The van der Waals surface area contributed by atoms with E-state index in [0.717, 1.165) is 11.1 Å². The molecule has 0 amide bonds. The average molecular weight is 351 g/mol. The number of hydrogen-bond acceptors (Lipinski definition) is 3. The van der Waals surface area contributed by atoms with Gasteiger partial charge in [0.1, 0.15) is 17.6 Å². The maximum Gasteiger partial charge on any atom is 0.573 e. The topological polar surface area (TPSA) is 44.5 Å². The van der Waals surface area contributed by atoms with Crippen molar-refractivity contribution in [1.29, 1.82) is 0 Å². The monoisotopic (exact) mass is 351 g/mol. The minimum atomic E-state index is -4.71. The van der Waals surface area contributed by atoms with Crippen molar-refractivity contribution in [2.45, 2.75) is 34.1 Å². The fraction of sp³-hybridized carbons (Fsp3) is 0.263. The van der Waals surface area contributed by atoms with Gasteiger partial charge in [-0.3, -0.25) is 0 Å². The van der Waals surface area contributed by atoms with Crippen molar-refractivity contribution >= 4 is 5.69 Å². The molecule has 2 aromatic rings. The Morgan fingerprint density at radius 1 is 1.04 bits per heavy atom. The van der Waals surface area contributed by atoms with E-state index in [2.05, 4.69) is 16.8 Å². The minimum Gasteiger partial charge on any atom is -0.407 e. The van der Waals surface area contributed by atoms with Crippen LogP contribution in [-0.2, 0) is 0 Å². The van der Waals surface area contributed by atoms with Crippen molar-refractivity contribution in [2.24, 2.45) is 0 Å². The number of ether oxygens (including phenoxy) is 2. The van der Waals surface area contributed by atoms with Gasteiger partial charge in [-0.1, -0.05) is 31.9 Å². The molecule has 0 heterocycles. The van der Waals surface area contributed by atoms with Gasteiger partial charge in [-0.25, -0.2) is 0 Å². The van der Waals surface area contributed by atoms with Crippen LogP contribution in [0.4, 0.5) is 18.9 Å². The van der Waals surface area contributed by atoms with E-state index >= 15 is 0 Å². The Balaban J connectivity index is 0.00000151. The first-order valence-electron chi connectivity index (χ1n) is 7.65. The van der Waals surface area contributed by atoms with Gasteiger partial charge in [-0.2, -0.15) is 0 Å². The van der Waals surface area contributed by atoms with Crippen molar-refractivity contribution < 1.29 is 22.6 Å². The van der Waals surface area contributed by atoms with Gasteiger partial charge in [0.05, 0.1) is 0 Å². The van der Waals surface area contributed by atoms with Crippen molar-refractivity contribution in [3.05, 3.63) is 42.0 Å². The zero-order chi connectivity index (χ0) is 19.0. The van der Waals surface area contributed by atoms with Crippen LogP contribution in [0.1, 0.15) is 26.3 Å². The average Bonchev–Trinajstić information content (AvgIpc) is 2.56. The Morgan fingerprint density at radius 3 is 2.16 bits per heavy atom. The number of nitrogens with two attached hydrogens (primary N) is 1. The van der Waals surface area contributed by atoms with Gasteiger partial charge in [0.2, 0.25) is 0 Å². The number of alkyl halides is 3. The Hall–Kier alpha value is -2.81. The second-order valence-electron chi connectivity index (χ2n) is 4.72. The van der Waals surface area contributed by atoms with Crippen LogP contribution in [-0.4, -0.2) is 6.36 Å². The molecule has 0 aliphatic rings. The highest BCUT2D eigenvalue weighted by Gasteiger charge is 2.31. The minimum absolute atomic E-state index is 0.281. The van der Waals surface area contributed by atoms with Gasteiger partial charge >= 0.3 is 6.36 Å². The zero-order valence-electron chi connectivity index (χ0n) is 14.5. The first kappa shape index (κ1) is 20.2. The smallest absolute Gasteiger partial charge is 0.407 e. The lowest BCUT2D eigenvalue weighted by Gasteiger charge is -2.13. The number of nitrogen functional groups attached to an aromatic ring is 1. The molecular formula is C19H20F3NO2. The highest BCUT2D eigenvalue weighted by molar-refractivity contribution is 5.74. The van der Waals surface area contributed by atoms with E-state index in [1.54, 1.807) is 19.1 Å². The van der Waals surface area contributed by atoms with Crippen LogP contribution in [0, 0.1) is 19.0 Å². The maximum absolute atomic E-state index is 12.2. The second kappa shape index (κ2) is 8.88. The van der Waals surface area contributed by atoms with Crippen LogP contribution in [0.25, 0.3) is 11.1 Å². The first-order valence-corrected chi connectivity index (χ1v) is 7.65. The number of halogens is 3. The Morgan fingerprint density at radius 2 is 1.64 bits per heavy atom. The third kappa shape index (κ3) is 5.96. The number of benzene rings is 2. The van der Waals surface area contributed by atoms with Crippen molar-refractivity contribution in [2.75, 3.05) is 5.73 Å². The molecule has 2 N–H and O–H groups in total. The molecule has 2 aromatic carbocycles. The number of hydrogen-bond donors (Lipinski definition) is 1. The largest absolute Gasteiger partial charge is 0.573 e. The molecule has 0 atom stereocenters. The molecule has 0 fully saturated rings. The van der Waals surface area contributed by atoms with E-state index in [1.807, 2.05) is 20.8 Å². The lowest BCUT2D eigenvalue weighted by atomic mass is 9.99. The predicted octanol–water partition coefficient (Wildman–Crippen LogP) is 5.53. The van der Waals surface area contributed by atoms with E-state index in [1.165, 1.54) is 24.3 Å². The zero-order valence-corrected chi connectivity index (χ0v) is 14.5. The SMILES string of the molecule is CC.CC#COc1cc(N)cc(-c2ccc(OC(F)(F)F)cc2)c1C. The third-order valence-corrected chi connectivity index (χ3v) is 3.04. The molecule has 25 heavy (non-hydrogen) atoms. The summed E-state index contributed by atoms with van der Waals surface area (Å²) in [6, 6.07) is 8.91. The predicted molar refractivity (Wildman–Crippen MR) is 93.1 cm³/mol. The summed E-state index contributed by atoms with van der Waals surface area (Å²) in [5.41, 5.74) is 8.54. The molecule has 0 radical (unpaired) electrons. The third-order valence-electron chi connectivity index (χ3n) is 3.04. The van der Waals surface area contributed by atoms with Crippen LogP contribution in [0.2, 0.25) is 0 Å². The van der Waals surface area contributed by atoms with E-state index < -0.39 is 6.36 Å². The molecule has 0 aliphatic carbocycles. The number of rotatable bonds is 3. The normalized spacial score (nSPS) is 10.0. The lowest BCUT2D eigenvalue weighted by molar-refractivity contribution is -0.274. The molecular weight excluding hydrogens is 331 g/mol. The van der Waals surface area contributed by atoms with Crippen molar-refractivity contribution in [1.82, 2.24) is 0 Å². The van der Waals surface area contributed by atoms with Gasteiger partial charge in [-0.15, -0.1) is 13.2 Å². The molecule has 0 saturated carbocycles. The van der Waals surface area contributed by atoms with Crippen LogP contribution >= 0.6 is 0 Å². The lowest BCUT2D eigenvalue weighted by Crippen LogP contribution is -2.16. The fourth-order valence-corrected chi connectivity index (χ4v) is 2.06. The summed E-state index contributed by atoms with van der Waals surface area (Å²) in [7, 11) is 0. The van der Waals surface area contributed by atoms with Gasteiger partial charge < -0.3 is 15.2 Å². The highest BCUT2D eigenvalue weighted by atomic mass is 19.4. The van der Waals surface area contributed by atoms with Gasteiger partial charge in [0, 0.05) is 24.2 Å². The molecule has 0 saturated heterocycles. The van der Waals surface area contributed by atoms with E-state index in [4.69, 9.17) is 10.5 Å². The fourth-order valence-electron chi connectivity index (χ4n) is 2.06. The van der Waals surface area contributed by atoms with Gasteiger partial charge in [0.25, 0.3) is 0 Å². The maximum atomic E-state index is 12.2. The summed E-state index contributed by atoms with van der Waals surface area (Å²) < 4.78 is 45.7. The summed E-state index contributed by atoms with van der Waals surface area (Å²) in [5, 5.41) is 0. The Kier molecular flexibility index (Phi) is 7.19. The summed E-state index contributed by atoms with van der Waals surface area (Å²) in [6.07, 6.45) is -2.22. The Bertz CT molecular complexity index is 757. The van der Waals surface area contributed by atoms with E-state index in [9.17, 15) is 13.2 Å². The van der Waals surface area contributed by atoms with Crippen molar-refractivity contribution in [3.63, 3.8) is 0 Å². The van der Waals surface area contributed by atoms with Crippen LogP contribution in [0.3, 0.4) is 0 Å². The van der Waals surface area contributed by atoms with Crippen molar-refractivity contribution in [3.8, 4) is 34.7 Å². The molecule has 6 heteroatoms. The summed E-state index contributed by atoms with van der Waals surface area (Å²) >= 11 is 0. The Labute approximate surface area is 145 Å². The van der Waals surface area contributed by atoms with Crippen LogP contribution < -0.4 is 15.2 Å². The summed E-state index contributed by atoms with van der Waals surface area (Å²) in [5.74, 6) is 2.84. The molecule has 0 bridgehead atoms. The standard InChI is InChI=1S/C17H14F3NO2.C2H6/c1-3-8-22-16-10-13(21)9-15(11(16)2)12-4-6-14(7-5-12)23-17(18,19)20;1-2/h4-7,9-10H,21H2,1-2H3;1-2H3. The molecule has 134 valence electrons. The molecule has 3 nitrogen and oxygen atoms in total. The summed E-state index contributed by atoms with van der Waals surface area (Å²) in [4.78, 5) is 0. The van der Waals surface area contributed by atoms with Crippen LogP contribution in [0.5, 0.6) is 11.5 Å². The molecule has 2 rings (SSSR count). The highest BCUT2D eigenvalue weighted by Crippen LogP contribution is 2.34. The first-order chi connectivity index (χ1) is 11.8. The van der Waals surface area contributed by atoms with E-state index in [-0.39, 0.29) is 5.75 Å². The van der Waals surface area contributed by atoms with E-state index in [0.29, 0.717) is 17.0 Å². The quantitative estimate of drug-likeness (QED) is 0.584. The van der Waals surface area contributed by atoms with Gasteiger partial charge in [0.15, 0.2) is 0 Å². The second-order valence-corrected chi connectivity index (χ2v) is 4.72.